The van der Waals surface area contributed by atoms with Gasteiger partial charge in [0.25, 0.3) is 0 Å². The summed E-state index contributed by atoms with van der Waals surface area (Å²) in [7, 11) is 0. The number of rotatable bonds is 5. The highest BCUT2D eigenvalue weighted by atomic mass is 16.4. The predicted molar refractivity (Wildman–Crippen MR) is 101 cm³/mol. The molecule has 130 valence electrons. The minimum absolute atomic E-state index is 0.0233. The van der Waals surface area contributed by atoms with E-state index in [0.717, 1.165) is 27.9 Å². The van der Waals surface area contributed by atoms with Crippen molar-refractivity contribution < 1.29 is 14.7 Å². The molecule has 2 aromatic carbocycles. The second-order valence-electron chi connectivity index (χ2n) is 5.96. The summed E-state index contributed by atoms with van der Waals surface area (Å²) < 4.78 is 0. The van der Waals surface area contributed by atoms with E-state index in [1.165, 1.54) is 6.92 Å². The number of anilines is 1. The molecule has 0 atom stereocenters. The van der Waals surface area contributed by atoms with Crippen molar-refractivity contribution in [2.24, 2.45) is 0 Å². The second-order valence-corrected chi connectivity index (χ2v) is 5.96. The fourth-order valence-electron chi connectivity index (χ4n) is 2.69. The summed E-state index contributed by atoms with van der Waals surface area (Å²) in [5.74, 6) is -0.958. The number of pyridine rings is 1. The molecule has 5 nitrogen and oxygen atoms in total. The lowest BCUT2D eigenvalue weighted by Crippen LogP contribution is -2.05. The molecule has 0 aliphatic heterocycles. The van der Waals surface area contributed by atoms with E-state index < -0.39 is 5.97 Å². The molecule has 0 radical (unpaired) electrons. The van der Waals surface area contributed by atoms with Gasteiger partial charge in [-0.25, -0.2) is 0 Å². The van der Waals surface area contributed by atoms with Gasteiger partial charge in [-0.05, 0) is 28.8 Å². The normalized spacial score (nSPS) is 10.3. The lowest BCUT2D eigenvalue weighted by molar-refractivity contribution is -0.136. The van der Waals surface area contributed by atoms with E-state index in [1.807, 2.05) is 54.6 Å². The summed E-state index contributed by atoms with van der Waals surface area (Å²) in [5, 5.41) is 11.6. The third-order valence-corrected chi connectivity index (χ3v) is 3.90. The summed E-state index contributed by atoms with van der Waals surface area (Å²) in [5.41, 5.74) is 5.26. The van der Waals surface area contributed by atoms with Gasteiger partial charge in [-0.1, -0.05) is 48.5 Å². The van der Waals surface area contributed by atoms with Crippen molar-refractivity contribution in [1.29, 1.82) is 0 Å². The van der Waals surface area contributed by atoms with Crippen molar-refractivity contribution in [2.45, 2.75) is 13.3 Å². The van der Waals surface area contributed by atoms with E-state index in [4.69, 9.17) is 5.11 Å². The van der Waals surface area contributed by atoms with Crippen LogP contribution in [0.4, 0.5) is 5.69 Å². The van der Waals surface area contributed by atoms with Gasteiger partial charge in [0.1, 0.15) is 0 Å². The largest absolute Gasteiger partial charge is 0.481 e. The number of amides is 1. The monoisotopic (exact) mass is 346 g/mol. The first-order valence-corrected chi connectivity index (χ1v) is 8.16. The molecule has 0 fully saturated rings. The van der Waals surface area contributed by atoms with Crippen molar-refractivity contribution in [3.05, 3.63) is 72.4 Å². The topological polar surface area (TPSA) is 79.3 Å². The first-order valence-electron chi connectivity index (χ1n) is 8.16. The number of nitrogens with one attached hydrogen (secondary N) is 1. The summed E-state index contributed by atoms with van der Waals surface area (Å²) in [6.45, 7) is 1.47. The molecule has 0 aliphatic carbocycles. The molecule has 0 spiro atoms. The summed E-state index contributed by atoms with van der Waals surface area (Å²) in [6, 6.07) is 19.0. The van der Waals surface area contributed by atoms with E-state index in [-0.39, 0.29) is 12.3 Å². The molecule has 1 heterocycles. The zero-order valence-electron chi connectivity index (χ0n) is 14.3. The average molecular weight is 346 g/mol. The Morgan fingerprint density at radius 1 is 0.923 bits per heavy atom. The van der Waals surface area contributed by atoms with Crippen LogP contribution in [0.3, 0.4) is 0 Å². The van der Waals surface area contributed by atoms with E-state index in [1.54, 1.807) is 12.3 Å². The first kappa shape index (κ1) is 17.4. The number of benzene rings is 2. The molecule has 26 heavy (non-hydrogen) atoms. The van der Waals surface area contributed by atoms with Gasteiger partial charge in [-0.3, -0.25) is 14.6 Å². The van der Waals surface area contributed by atoms with Crippen molar-refractivity contribution in [1.82, 2.24) is 4.98 Å². The van der Waals surface area contributed by atoms with Crippen LogP contribution in [0.25, 0.3) is 22.4 Å². The van der Waals surface area contributed by atoms with Gasteiger partial charge in [0.2, 0.25) is 5.91 Å². The minimum atomic E-state index is -0.837. The Bertz CT molecular complexity index is 932. The van der Waals surface area contributed by atoms with Crippen molar-refractivity contribution in [3.63, 3.8) is 0 Å². The minimum Gasteiger partial charge on any atom is -0.481 e. The highest BCUT2D eigenvalue weighted by Gasteiger charge is 2.05. The van der Waals surface area contributed by atoms with Gasteiger partial charge in [-0.15, -0.1) is 0 Å². The van der Waals surface area contributed by atoms with Crippen LogP contribution in [0.15, 0.2) is 66.9 Å². The van der Waals surface area contributed by atoms with Gasteiger partial charge in [0, 0.05) is 24.4 Å². The van der Waals surface area contributed by atoms with Crippen LogP contribution < -0.4 is 5.32 Å². The number of aromatic nitrogens is 1. The molecular weight excluding hydrogens is 328 g/mol. The Balaban J connectivity index is 1.80. The van der Waals surface area contributed by atoms with Crippen LogP contribution >= 0.6 is 0 Å². The number of hydrogen-bond donors (Lipinski definition) is 2. The second kappa shape index (κ2) is 7.61. The summed E-state index contributed by atoms with van der Waals surface area (Å²) >= 11 is 0. The van der Waals surface area contributed by atoms with Crippen LogP contribution in [0, 0.1) is 0 Å². The fourth-order valence-corrected chi connectivity index (χ4v) is 2.69. The predicted octanol–water partition coefficient (Wildman–Crippen LogP) is 4.00. The van der Waals surface area contributed by atoms with Crippen LogP contribution in [0.1, 0.15) is 12.5 Å². The maximum Gasteiger partial charge on any atom is 0.307 e. The highest BCUT2D eigenvalue weighted by Crippen LogP contribution is 2.25. The number of carbonyl (C=O) groups is 2. The van der Waals surface area contributed by atoms with Gasteiger partial charge in [-0.2, -0.15) is 0 Å². The first-order chi connectivity index (χ1) is 12.5. The van der Waals surface area contributed by atoms with Gasteiger partial charge < -0.3 is 10.4 Å². The van der Waals surface area contributed by atoms with Gasteiger partial charge in [0.15, 0.2) is 0 Å². The maximum atomic E-state index is 11.2. The van der Waals surface area contributed by atoms with Crippen LogP contribution in [0.2, 0.25) is 0 Å². The average Bonchev–Trinajstić information content (AvgIpc) is 2.62. The van der Waals surface area contributed by atoms with Crippen molar-refractivity contribution in [2.75, 3.05) is 5.32 Å². The highest BCUT2D eigenvalue weighted by molar-refractivity contribution is 5.89. The Morgan fingerprint density at radius 3 is 2.08 bits per heavy atom. The Morgan fingerprint density at radius 2 is 1.50 bits per heavy atom. The fraction of sp³-hybridized carbons (Fsp3) is 0.0952. The molecule has 2 N–H and O–H groups in total. The Kier molecular flexibility index (Phi) is 5.08. The number of carboxylic acid groups (broad SMARTS) is 1. The lowest BCUT2D eigenvalue weighted by Gasteiger charge is -2.07. The van der Waals surface area contributed by atoms with Gasteiger partial charge in [0.05, 0.1) is 12.1 Å². The summed E-state index contributed by atoms with van der Waals surface area (Å²) in [6.07, 6.45) is 1.69. The molecule has 0 saturated heterocycles. The number of carboxylic acids is 1. The SMILES string of the molecule is CC(=O)Nc1ccnc(-c2ccc(-c3ccc(CC(=O)O)cc3)cc2)c1. The van der Waals surface area contributed by atoms with Crippen LogP contribution in [-0.2, 0) is 16.0 Å². The zero-order valence-corrected chi connectivity index (χ0v) is 14.3. The molecule has 3 rings (SSSR count). The molecule has 0 bridgehead atoms. The standard InChI is InChI=1S/C21H18N2O3/c1-14(24)23-19-10-11-22-20(13-19)18-8-6-17(7-9-18)16-4-2-15(3-5-16)12-21(25)26/h2-11,13H,12H2,1H3,(H,25,26)(H,22,23,24). The molecule has 1 aromatic heterocycles. The van der Waals surface area contributed by atoms with Crippen LogP contribution in [-0.4, -0.2) is 22.0 Å². The molecule has 0 unspecified atom stereocenters. The number of nitrogens with zero attached hydrogens (tertiary/aromatic N) is 1. The molecule has 0 saturated carbocycles. The molecule has 5 heteroatoms. The Labute approximate surface area is 151 Å². The quantitative estimate of drug-likeness (QED) is 0.732. The number of aliphatic carboxylic acids is 1. The molecule has 0 aliphatic rings. The van der Waals surface area contributed by atoms with E-state index in [9.17, 15) is 9.59 Å². The molecular formula is C21H18N2O3. The number of carbonyl (C=O) groups excluding carboxylic acids is 1. The van der Waals surface area contributed by atoms with Crippen LogP contribution in [0.5, 0.6) is 0 Å². The lowest BCUT2D eigenvalue weighted by atomic mass is 10.0. The van der Waals surface area contributed by atoms with Crippen molar-refractivity contribution in [3.8, 4) is 22.4 Å². The van der Waals surface area contributed by atoms with E-state index in [0.29, 0.717) is 5.69 Å². The third-order valence-electron chi connectivity index (χ3n) is 3.90. The van der Waals surface area contributed by atoms with E-state index in [2.05, 4.69) is 10.3 Å². The zero-order chi connectivity index (χ0) is 18.5. The molecule has 1 amide bonds. The van der Waals surface area contributed by atoms with Crippen molar-refractivity contribution >= 4 is 17.6 Å². The maximum absolute atomic E-state index is 11.2. The third kappa shape index (κ3) is 4.33. The smallest absolute Gasteiger partial charge is 0.307 e. The van der Waals surface area contributed by atoms with E-state index >= 15 is 0 Å². The number of hydrogen-bond acceptors (Lipinski definition) is 3. The summed E-state index contributed by atoms with van der Waals surface area (Å²) in [4.78, 5) is 26.3. The van der Waals surface area contributed by atoms with Gasteiger partial charge >= 0.3 is 5.97 Å². The Hall–Kier alpha value is -3.47. The molecule has 3 aromatic rings.